The van der Waals surface area contributed by atoms with E-state index in [1.165, 1.54) is 14.9 Å². The van der Waals surface area contributed by atoms with Gasteiger partial charge in [-0.2, -0.15) is 4.31 Å². The lowest BCUT2D eigenvalue weighted by Crippen LogP contribution is -2.52. The summed E-state index contributed by atoms with van der Waals surface area (Å²) in [6.07, 6.45) is 3.82. The fourth-order valence-corrected chi connectivity index (χ4v) is 6.25. The molecule has 2 fully saturated rings. The van der Waals surface area contributed by atoms with Crippen molar-refractivity contribution in [2.45, 2.75) is 36.6 Å². The Kier molecular flexibility index (Phi) is 6.43. The summed E-state index contributed by atoms with van der Waals surface area (Å²) in [6, 6.07) is 7.99. The van der Waals surface area contributed by atoms with Crippen LogP contribution in [-0.2, 0) is 24.8 Å². The van der Waals surface area contributed by atoms with Crippen molar-refractivity contribution in [3.8, 4) is 0 Å². The van der Waals surface area contributed by atoms with Gasteiger partial charge in [-0.15, -0.1) is 0 Å². The maximum absolute atomic E-state index is 12.8. The van der Waals surface area contributed by atoms with Crippen LogP contribution in [0.2, 0.25) is 0 Å². The third-order valence-electron chi connectivity index (χ3n) is 5.34. The number of nitrogens with one attached hydrogen (secondary N) is 1. The normalized spacial score (nSPS) is 25.3. The topological polar surface area (TPSA) is 104 Å². The Bertz CT molecular complexity index is 902. The van der Waals surface area contributed by atoms with Gasteiger partial charge in [0, 0.05) is 32.2 Å². The van der Waals surface area contributed by atoms with Crippen LogP contribution in [-0.4, -0.2) is 69.8 Å². The van der Waals surface area contributed by atoms with Gasteiger partial charge in [-0.1, -0.05) is 18.2 Å². The van der Waals surface area contributed by atoms with Crippen LogP contribution in [0, 0.1) is 5.92 Å². The molecule has 0 spiro atoms. The molecule has 1 N–H and O–H groups in total. The standard InChI is InChI=1S/C18H27N3O5S2/c1-27(23,24)20-11-6-8-16(14-20)19-18(22)15-7-5-12-21(13-15)28(25,26)17-9-3-2-4-10-17/h2-4,9-10,15-16H,5-8,11-14H2,1H3,(H,19,22). The third-order valence-corrected chi connectivity index (χ3v) is 8.48. The predicted molar refractivity (Wildman–Crippen MR) is 106 cm³/mol. The van der Waals surface area contributed by atoms with Crippen molar-refractivity contribution in [1.29, 1.82) is 0 Å². The lowest BCUT2D eigenvalue weighted by molar-refractivity contribution is -0.127. The lowest BCUT2D eigenvalue weighted by Gasteiger charge is -2.34. The zero-order chi connectivity index (χ0) is 20.4. The highest BCUT2D eigenvalue weighted by Gasteiger charge is 2.35. The summed E-state index contributed by atoms with van der Waals surface area (Å²) in [4.78, 5) is 13.0. The van der Waals surface area contributed by atoms with Gasteiger partial charge in [-0.3, -0.25) is 4.79 Å². The summed E-state index contributed by atoms with van der Waals surface area (Å²) in [5, 5.41) is 2.94. The molecule has 0 saturated carbocycles. The second-order valence-electron chi connectivity index (χ2n) is 7.48. The number of rotatable bonds is 5. The quantitative estimate of drug-likeness (QED) is 0.739. The fraction of sp³-hybridized carbons (Fsp3) is 0.611. The summed E-state index contributed by atoms with van der Waals surface area (Å²) < 4.78 is 51.9. The molecule has 3 rings (SSSR count). The number of piperidine rings is 2. The molecule has 1 amide bonds. The Morgan fingerprint density at radius 2 is 1.61 bits per heavy atom. The minimum atomic E-state index is -3.62. The van der Waals surface area contributed by atoms with E-state index in [1.807, 2.05) is 0 Å². The third kappa shape index (κ3) is 4.91. The number of carbonyl (C=O) groups excluding carboxylic acids is 1. The Morgan fingerprint density at radius 1 is 0.964 bits per heavy atom. The van der Waals surface area contributed by atoms with Gasteiger partial charge in [0.05, 0.1) is 17.1 Å². The van der Waals surface area contributed by atoms with Crippen molar-refractivity contribution in [1.82, 2.24) is 13.9 Å². The van der Waals surface area contributed by atoms with E-state index < -0.39 is 26.0 Å². The molecule has 1 aromatic carbocycles. The highest BCUT2D eigenvalue weighted by molar-refractivity contribution is 7.89. The van der Waals surface area contributed by atoms with E-state index in [9.17, 15) is 21.6 Å². The number of amides is 1. The summed E-state index contributed by atoms with van der Waals surface area (Å²) in [7, 11) is -6.91. The molecule has 1 aromatic rings. The minimum absolute atomic E-state index is 0.144. The van der Waals surface area contributed by atoms with Gasteiger partial charge in [-0.05, 0) is 37.8 Å². The van der Waals surface area contributed by atoms with Crippen LogP contribution in [0.4, 0.5) is 0 Å². The number of nitrogens with zero attached hydrogens (tertiary/aromatic N) is 2. The molecular formula is C18H27N3O5S2. The molecule has 0 radical (unpaired) electrons. The van der Waals surface area contributed by atoms with E-state index in [4.69, 9.17) is 0 Å². The molecule has 2 aliphatic heterocycles. The largest absolute Gasteiger partial charge is 0.352 e. The van der Waals surface area contributed by atoms with Gasteiger partial charge in [-0.25, -0.2) is 21.1 Å². The van der Waals surface area contributed by atoms with E-state index in [2.05, 4.69) is 5.32 Å². The molecule has 2 saturated heterocycles. The number of hydrogen-bond acceptors (Lipinski definition) is 5. The molecule has 2 heterocycles. The molecule has 2 unspecified atom stereocenters. The SMILES string of the molecule is CS(=O)(=O)N1CCCC(NC(=O)C2CCCN(S(=O)(=O)c3ccccc3)C2)C1. The van der Waals surface area contributed by atoms with Crippen molar-refractivity contribution in [3.05, 3.63) is 30.3 Å². The van der Waals surface area contributed by atoms with E-state index >= 15 is 0 Å². The first-order valence-corrected chi connectivity index (χ1v) is 12.8. The van der Waals surface area contributed by atoms with Crippen molar-refractivity contribution in [2.24, 2.45) is 5.92 Å². The van der Waals surface area contributed by atoms with Crippen molar-refractivity contribution in [3.63, 3.8) is 0 Å². The number of benzene rings is 1. The average molecular weight is 430 g/mol. The maximum atomic E-state index is 12.8. The molecule has 10 heteroatoms. The maximum Gasteiger partial charge on any atom is 0.243 e. The first-order valence-electron chi connectivity index (χ1n) is 9.48. The van der Waals surface area contributed by atoms with E-state index in [0.29, 0.717) is 32.4 Å². The zero-order valence-electron chi connectivity index (χ0n) is 16.0. The first kappa shape index (κ1) is 21.2. The van der Waals surface area contributed by atoms with Crippen LogP contribution >= 0.6 is 0 Å². The lowest BCUT2D eigenvalue weighted by atomic mass is 9.97. The molecule has 0 aliphatic carbocycles. The van der Waals surface area contributed by atoms with Crippen LogP contribution in [0.25, 0.3) is 0 Å². The van der Waals surface area contributed by atoms with Crippen LogP contribution in [0.5, 0.6) is 0 Å². The highest BCUT2D eigenvalue weighted by Crippen LogP contribution is 2.24. The van der Waals surface area contributed by atoms with Crippen molar-refractivity contribution < 1.29 is 21.6 Å². The van der Waals surface area contributed by atoms with E-state index in [1.54, 1.807) is 30.3 Å². The second kappa shape index (κ2) is 8.48. The first-order chi connectivity index (χ1) is 13.2. The highest BCUT2D eigenvalue weighted by atomic mass is 32.2. The average Bonchev–Trinajstić information content (AvgIpc) is 2.68. The van der Waals surface area contributed by atoms with Gasteiger partial charge in [0.1, 0.15) is 0 Å². The number of sulfonamides is 2. The smallest absolute Gasteiger partial charge is 0.243 e. The number of hydrogen-bond donors (Lipinski definition) is 1. The summed E-state index contributed by atoms with van der Waals surface area (Å²) in [5.74, 6) is -0.630. The molecule has 0 bridgehead atoms. The van der Waals surface area contributed by atoms with Gasteiger partial charge < -0.3 is 5.32 Å². The number of carbonyl (C=O) groups is 1. The van der Waals surface area contributed by atoms with Gasteiger partial charge in [0.25, 0.3) is 0 Å². The van der Waals surface area contributed by atoms with Crippen LogP contribution < -0.4 is 5.32 Å². The van der Waals surface area contributed by atoms with E-state index in [-0.39, 0.29) is 29.9 Å². The molecule has 28 heavy (non-hydrogen) atoms. The Balaban J connectivity index is 1.63. The van der Waals surface area contributed by atoms with Crippen LogP contribution in [0.15, 0.2) is 35.2 Å². The Hall–Kier alpha value is -1.49. The monoisotopic (exact) mass is 429 g/mol. The van der Waals surface area contributed by atoms with Crippen molar-refractivity contribution in [2.75, 3.05) is 32.4 Å². The zero-order valence-corrected chi connectivity index (χ0v) is 17.6. The molecule has 2 atom stereocenters. The van der Waals surface area contributed by atoms with Crippen molar-refractivity contribution >= 4 is 26.0 Å². The van der Waals surface area contributed by atoms with Gasteiger partial charge in [0.2, 0.25) is 26.0 Å². The van der Waals surface area contributed by atoms with Crippen LogP contribution in [0.1, 0.15) is 25.7 Å². The van der Waals surface area contributed by atoms with Gasteiger partial charge in [0.15, 0.2) is 0 Å². The summed E-state index contributed by atoms with van der Waals surface area (Å²) >= 11 is 0. The van der Waals surface area contributed by atoms with Gasteiger partial charge >= 0.3 is 0 Å². The van der Waals surface area contributed by atoms with Crippen LogP contribution in [0.3, 0.4) is 0 Å². The molecule has 8 nitrogen and oxygen atoms in total. The Morgan fingerprint density at radius 3 is 2.29 bits per heavy atom. The summed E-state index contributed by atoms with van der Waals surface area (Å²) in [5.41, 5.74) is 0. The Labute approximate surface area is 167 Å². The second-order valence-corrected chi connectivity index (χ2v) is 11.4. The molecule has 2 aliphatic rings. The predicted octanol–water partition coefficient (Wildman–Crippen LogP) is 0.628. The molecule has 0 aromatic heterocycles. The minimum Gasteiger partial charge on any atom is -0.352 e. The van der Waals surface area contributed by atoms with E-state index in [0.717, 1.165) is 6.42 Å². The molecule has 156 valence electrons. The fourth-order valence-electron chi connectivity index (χ4n) is 3.80. The summed E-state index contributed by atoms with van der Waals surface area (Å²) in [6.45, 7) is 1.28. The molecular weight excluding hydrogens is 402 g/mol.